The van der Waals surface area contributed by atoms with Crippen LogP contribution in [0.5, 0.6) is 5.75 Å². The van der Waals surface area contributed by atoms with Gasteiger partial charge in [-0.1, -0.05) is 5.16 Å². The first kappa shape index (κ1) is 26.8. The minimum absolute atomic E-state index is 0. The van der Waals surface area contributed by atoms with E-state index in [-0.39, 0.29) is 24.8 Å². The van der Waals surface area contributed by atoms with Crippen molar-refractivity contribution < 1.29 is 14.4 Å². The van der Waals surface area contributed by atoms with Gasteiger partial charge < -0.3 is 23.7 Å². The van der Waals surface area contributed by atoms with Crippen LogP contribution in [0.3, 0.4) is 0 Å². The van der Waals surface area contributed by atoms with Crippen LogP contribution in [0.2, 0.25) is 0 Å². The van der Waals surface area contributed by atoms with Gasteiger partial charge >= 0.3 is 0 Å². The van der Waals surface area contributed by atoms with E-state index in [1.54, 1.807) is 12.4 Å². The lowest BCUT2D eigenvalue weighted by Gasteiger charge is -2.35. The first-order valence-corrected chi connectivity index (χ1v) is 11.3. The molecule has 1 aliphatic rings. The molecule has 1 saturated heterocycles. The lowest BCUT2D eigenvalue weighted by atomic mass is 10.0. The van der Waals surface area contributed by atoms with E-state index in [1.807, 2.05) is 47.0 Å². The first-order chi connectivity index (χ1) is 16.1. The van der Waals surface area contributed by atoms with Crippen LogP contribution in [-0.2, 0) is 0 Å². The van der Waals surface area contributed by atoms with Crippen molar-refractivity contribution >= 4 is 41.3 Å². The Labute approximate surface area is 216 Å². The third kappa shape index (κ3) is 5.90. The molecule has 188 valence electrons. The second-order valence-electron chi connectivity index (χ2n) is 8.75. The number of likely N-dealkylation sites (tertiary alicyclic amines) is 1. The second kappa shape index (κ2) is 11.8. The number of halogens is 2. The fourth-order valence-electron chi connectivity index (χ4n) is 4.47. The standard InChI is InChI=1S/C25H29N5O3.2ClH/c1-28(2)18-7-10-29(11-8-18)12-13-32-20-5-6-24-21(15-20)22(27-31)16-25(33-24)23-14-19-4-3-9-30(19)17-26-23;;/h3-6,9,14-18,31H,7-8,10-13H2,1-2H3;2*1H. The van der Waals surface area contributed by atoms with E-state index in [1.165, 1.54) is 12.8 Å². The van der Waals surface area contributed by atoms with E-state index < -0.39 is 0 Å². The lowest BCUT2D eigenvalue weighted by molar-refractivity contribution is 0.128. The van der Waals surface area contributed by atoms with Crippen molar-refractivity contribution in [2.24, 2.45) is 5.16 Å². The number of fused-ring (bicyclic) bond motifs is 2. The summed E-state index contributed by atoms with van der Waals surface area (Å²) < 4.78 is 14.0. The predicted octanol–water partition coefficient (Wildman–Crippen LogP) is 4.29. The molecule has 0 aliphatic carbocycles. The van der Waals surface area contributed by atoms with E-state index >= 15 is 0 Å². The van der Waals surface area contributed by atoms with Crippen LogP contribution in [0.4, 0.5) is 0 Å². The van der Waals surface area contributed by atoms with Gasteiger partial charge in [0.25, 0.3) is 0 Å². The molecule has 1 aromatic carbocycles. The number of benzene rings is 1. The van der Waals surface area contributed by atoms with Crippen molar-refractivity contribution in [3.05, 3.63) is 60.3 Å². The molecule has 0 spiro atoms. The largest absolute Gasteiger partial charge is 0.492 e. The average Bonchev–Trinajstić information content (AvgIpc) is 3.31. The van der Waals surface area contributed by atoms with Gasteiger partial charge in [0.05, 0.1) is 11.7 Å². The molecular formula is C25H31Cl2N5O3. The van der Waals surface area contributed by atoms with E-state index in [0.717, 1.165) is 30.9 Å². The molecule has 35 heavy (non-hydrogen) atoms. The van der Waals surface area contributed by atoms with Crippen LogP contribution in [0.15, 0.2) is 64.6 Å². The molecule has 5 rings (SSSR count). The fourth-order valence-corrected chi connectivity index (χ4v) is 4.47. The summed E-state index contributed by atoms with van der Waals surface area (Å²) >= 11 is 0. The van der Waals surface area contributed by atoms with Crippen LogP contribution < -0.4 is 10.1 Å². The molecule has 4 aromatic rings. The van der Waals surface area contributed by atoms with Crippen LogP contribution >= 0.6 is 24.8 Å². The van der Waals surface area contributed by atoms with Crippen LogP contribution in [0.1, 0.15) is 12.8 Å². The zero-order valence-corrected chi connectivity index (χ0v) is 21.5. The van der Waals surface area contributed by atoms with Crippen LogP contribution in [0.25, 0.3) is 27.9 Å². The van der Waals surface area contributed by atoms with E-state index in [2.05, 4.69) is 34.0 Å². The molecule has 0 amide bonds. The highest BCUT2D eigenvalue weighted by atomic mass is 35.5. The Balaban J connectivity index is 0.00000171. The fraction of sp³-hybridized carbons (Fsp3) is 0.360. The maximum Gasteiger partial charge on any atom is 0.155 e. The Bertz CT molecular complexity index is 1330. The van der Waals surface area contributed by atoms with Gasteiger partial charge in [-0.3, -0.25) is 4.90 Å². The lowest BCUT2D eigenvalue weighted by Crippen LogP contribution is -2.43. The van der Waals surface area contributed by atoms with Crippen molar-refractivity contribution in [1.29, 1.82) is 0 Å². The van der Waals surface area contributed by atoms with Gasteiger partial charge in [-0.15, -0.1) is 24.8 Å². The minimum Gasteiger partial charge on any atom is -0.492 e. The van der Waals surface area contributed by atoms with Crippen LogP contribution in [0, 0.1) is 0 Å². The molecule has 8 nitrogen and oxygen atoms in total. The molecule has 1 aliphatic heterocycles. The summed E-state index contributed by atoms with van der Waals surface area (Å²) in [6.07, 6.45) is 6.06. The molecule has 4 heterocycles. The summed E-state index contributed by atoms with van der Waals surface area (Å²) in [7, 11) is 4.31. The van der Waals surface area contributed by atoms with Gasteiger partial charge in [-0.05, 0) is 76.4 Å². The maximum atomic E-state index is 9.65. The zero-order chi connectivity index (χ0) is 22.8. The van der Waals surface area contributed by atoms with Gasteiger partial charge in [0.15, 0.2) is 5.76 Å². The van der Waals surface area contributed by atoms with Crippen molar-refractivity contribution in [3.8, 4) is 17.2 Å². The summed E-state index contributed by atoms with van der Waals surface area (Å²) in [5.41, 5.74) is 2.29. The Morgan fingerprint density at radius 3 is 2.69 bits per heavy atom. The van der Waals surface area contributed by atoms with Gasteiger partial charge in [0.2, 0.25) is 0 Å². The summed E-state index contributed by atoms with van der Waals surface area (Å²) in [4.78, 5) is 9.23. The Morgan fingerprint density at radius 1 is 1.14 bits per heavy atom. The summed E-state index contributed by atoms with van der Waals surface area (Å²) in [6, 6.07) is 13.9. The first-order valence-electron chi connectivity index (χ1n) is 11.3. The number of hydrogen-bond acceptors (Lipinski definition) is 7. The van der Waals surface area contributed by atoms with Gasteiger partial charge in [-0.25, -0.2) is 4.98 Å². The van der Waals surface area contributed by atoms with E-state index in [4.69, 9.17) is 9.15 Å². The number of aromatic nitrogens is 2. The van der Waals surface area contributed by atoms with Crippen molar-refractivity contribution in [1.82, 2.24) is 19.2 Å². The smallest absolute Gasteiger partial charge is 0.155 e. The maximum absolute atomic E-state index is 9.65. The molecule has 10 heteroatoms. The molecule has 1 N–H and O–H groups in total. The number of nitrogens with zero attached hydrogens (tertiary/aromatic N) is 5. The Hall–Kier alpha value is -2.78. The van der Waals surface area contributed by atoms with Crippen molar-refractivity contribution in [2.45, 2.75) is 18.9 Å². The van der Waals surface area contributed by atoms with Crippen LogP contribution in [-0.4, -0.2) is 70.8 Å². The topological polar surface area (TPSA) is 78.7 Å². The number of hydrogen-bond donors (Lipinski definition) is 1. The zero-order valence-electron chi connectivity index (χ0n) is 19.8. The summed E-state index contributed by atoms with van der Waals surface area (Å²) in [5, 5.41) is 14.2. The third-order valence-electron chi connectivity index (χ3n) is 6.46. The SMILES string of the molecule is CN(C)C1CCN(CCOc2ccc3oc(-c4cc5cccn5cn4)cc(=NO)c3c2)CC1.Cl.Cl. The van der Waals surface area contributed by atoms with Gasteiger partial charge in [0.1, 0.15) is 29.0 Å². The van der Waals surface area contributed by atoms with Gasteiger partial charge in [0, 0.05) is 30.4 Å². The predicted molar refractivity (Wildman–Crippen MR) is 141 cm³/mol. The van der Waals surface area contributed by atoms with E-state index in [0.29, 0.717) is 40.4 Å². The average molecular weight is 520 g/mol. The normalized spacial score (nSPS) is 15.3. The number of rotatable bonds is 6. The molecular weight excluding hydrogens is 489 g/mol. The molecule has 0 saturated carbocycles. The summed E-state index contributed by atoms with van der Waals surface area (Å²) in [6.45, 7) is 3.71. The molecule has 0 bridgehead atoms. The molecule has 1 fully saturated rings. The van der Waals surface area contributed by atoms with Crippen molar-refractivity contribution in [3.63, 3.8) is 0 Å². The quantitative estimate of drug-likeness (QED) is 0.302. The molecule has 0 radical (unpaired) electrons. The monoisotopic (exact) mass is 519 g/mol. The number of ether oxygens (including phenoxy) is 1. The van der Waals surface area contributed by atoms with E-state index in [9.17, 15) is 5.21 Å². The van der Waals surface area contributed by atoms with Gasteiger partial charge in [-0.2, -0.15) is 0 Å². The Morgan fingerprint density at radius 2 is 1.94 bits per heavy atom. The van der Waals surface area contributed by atoms with Crippen molar-refractivity contribution in [2.75, 3.05) is 40.3 Å². The third-order valence-corrected chi connectivity index (χ3v) is 6.46. The molecule has 0 atom stereocenters. The summed E-state index contributed by atoms with van der Waals surface area (Å²) in [5.74, 6) is 1.26. The Kier molecular flexibility index (Phi) is 9.02. The molecule has 0 unspecified atom stereocenters. The second-order valence-corrected chi connectivity index (χ2v) is 8.75. The highest BCUT2D eigenvalue weighted by Crippen LogP contribution is 2.24. The minimum atomic E-state index is 0. The molecule has 3 aromatic heterocycles. The highest BCUT2D eigenvalue weighted by Gasteiger charge is 2.20. The number of piperidine rings is 1. The highest BCUT2D eigenvalue weighted by molar-refractivity contribution is 5.85.